The van der Waals surface area contributed by atoms with Crippen LogP contribution in [0.1, 0.15) is 16.9 Å². The molecule has 17 heavy (non-hydrogen) atoms. The average molecular weight is 237 g/mol. The van der Waals surface area contributed by atoms with Gasteiger partial charge < -0.3 is 10.0 Å². The monoisotopic (exact) mass is 237 g/mol. The summed E-state index contributed by atoms with van der Waals surface area (Å²) >= 11 is 0. The molecule has 0 bridgehead atoms. The number of aromatic nitrogens is 2. The highest BCUT2D eigenvalue weighted by Crippen LogP contribution is 2.20. The molecule has 0 saturated carbocycles. The van der Waals surface area contributed by atoms with Gasteiger partial charge in [-0.2, -0.15) is 5.10 Å². The number of aliphatic carboxylic acids is 1. The van der Waals surface area contributed by atoms with Crippen LogP contribution in [-0.2, 0) is 4.79 Å². The molecule has 1 fully saturated rings. The van der Waals surface area contributed by atoms with Gasteiger partial charge in [-0.25, -0.2) is 5.10 Å². The summed E-state index contributed by atoms with van der Waals surface area (Å²) in [5.41, 5.74) is -0.202. The second-order valence-corrected chi connectivity index (χ2v) is 3.98. The fourth-order valence-corrected chi connectivity index (χ4v) is 1.74. The number of nitrogens with zero attached hydrogens (tertiary/aromatic N) is 2. The van der Waals surface area contributed by atoms with E-state index in [0.717, 1.165) is 0 Å². The number of H-pyrrole nitrogens is 1. The lowest BCUT2D eigenvalue weighted by Gasteiger charge is -2.38. The lowest BCUT2D eigenvalue weighted by molar-refractivity contribution is -0.139. The Kier molecular flexibility index (Phi) is 2.90. The first-order chi connectivity index (χ1) is 8.06. The molecular weight excluding hydrogens is 226 g/mol. The number of nitrogens with one attached hydrogen (secondary N) is 1. The Balaban J connectivity index is 1.93. The first kappa shape index (κ1) is 11.3. The molecule has 0 atom stereocenters. The zero-order chi connectivity index (χ0) is 12.4. The van der Waals surface area contributed by atoms with Crippen molar-refractivity contribution in [1.82, 2.24) is 15.1 Å². The summed E-state index contributed by atoms with van der Waals surface area (Å²) in [5.74, 6) is -1.13. The van der Waals surface area contributed by atoms with Crippen molar-refractivity contribution < 1.29 is 14.7 Å². The Labute approximate surface area is 96.1 Å². The van der Waals surface area contributed by atoms with Crippen molar-refractivity contribution in [2.24, 2.45) is 5.92 Å². The van der Waals surface area contributed by atoms with E-state index >= 15 is 0 Å². The molecule has 1 aromatic rings. The molecule has 2 heterocycles. The second-order valence-electron chi connectivity index (χ2n) is 3.98. The van der Waals surface area contributed by atoms with Gasteiger partial charge >= 0.3 is 5.97 Å². The Morgan fingerprint density at radius 2 is 2.18 bits per heavy atom. The first-order valence-electron chi connectivity index (χ1n) is 5.13. The fourth-order valence-electron chi connectivity index (χ4n) is 1.74. The smallest absolute Gasteiger partial charge is 0.303 e. The van der Waals surface area contributed by atoms with Crippen molar-refractivity contribution >= 4 is 11.9 Å². The van der Waals surface area contributed by atoms with Gasteiger partial charge in [-0.05, 0) is 6.07 Å². The topological polar surface area (TPSA) is 103 Å². The number of likely N-dealkylation sites (tertiary alicyclic amines) is 1. The summed E-state index contributed by atoms with van der Waals surface area (Å²) in [7, 11) is 0. The number of rotatable bonds is 3. The summed E-state index contributed by atoms with van der Waals surface area (Å²) < 4.78 is 0. The number of carboxylic acid groups (broad SMARTS) is 1. The summed E-state index contributed by atoms with van der Waals surface area (Å²) in [6.45, 7) is 0.845. The number of carbonyl (C=O) groups is 2. The minimum atomic E-state index is -0.857. The first-order valence-corrected chi connectivity index (χ1v) is 5.13. The van der Waals surface area contributed by atoms with E-state index in [0.29, 0.717) is 13.1 Å². The molecule has 0 unspecified atom stereocenters. The third-order valence-electron chi connectivity index (χ3n) is 2.61. The van der Waals surface area contributed by atoms with E-state index in [1.807, 2.05) is 0 Å². The summed E-state index contributed by atoms with van der Waals surface area (Å²) in [5, 5.41) is 14.4. The highest BCUT2D eigenvalue weighted by Gasteiger charge is 2.33. The average Bonchev–Trinajstić information content (AvgIpc) is 2.23. The lowest BCUT2D eigenvalue weighted by Crippen LogP contribution is -2.50. The molecule has 1 aliphatic heterocycles. The van der Waals surface area contributed by atoms with Gasteiger partial charge in [-0.15, -0.1) is 0 Å². The standard InChI is InChI=1S/C10H11N3O4/c14-8-2-1-7(11-12-8)10(17)13-4-6(5-13)3-9(15)16/h1-2,6H,3-5H2,(H,12,14)(H,15,16). The predicted molar refractivity (Wildman–Crippen MR) is 56.5 cm³/mol. The van der Waals surface area contributed by atoms with E-state index in [4.69, 9.17) is 5.11 Å². The minimum Gasteiger partial charge on any atom is -0.481 e. The van der Waals surface area contributed by atoms with Crippen LogP contribution in [0.2, 0.25) is 0 Å². The number of aromatic amines is 1. The Morgan fingerprint density at radius 1 is 1.47 bits per heavy atom. The zero-order valence-corrected chi connectivity index (χ0v) is 8.92. The summed E-state index contributed by atoms with van der Waals surface area (Å²) in [6.07, 6.45) is 0.0723. The maximum Gasteiger partial charge on any atom is 0.303 e. The molecule has 2 rings (SSSR count). The van der Waals surface area contributed by atoms with Crippen LogP contribution in [0.25, 0.3) is 0 Å². The largest absolute Gasteiger partial charge is 0.481 e. The molecule has 0 aliphatic carbocycles. The van der Waals surface area contributed by atoms with Crippen molar-refractivity contribution in [3.63, 3.8) is 0 Å². The molecule has 0 aromatic carbocycles. The molecule has 2 N–H and O–H groups in total. The van der Waals surface area contributed by atoms with Crippen molar-refractivity contribution in [1.29, 1.82) is 0 Å². The van der Waals surface area contributed by atoms with Crippen LogP contribution in [0.4, 0.5) is 0 Å². The van der Waals surface area contributed by atoms with E-state index in [1.165, 1.54) is 17.0 Å². The minimum absolute atomic E-state index is 0.0132. The maximum absolute atomic E-state index is 11.8. The maximum atomic E-state index is 11.8. The third kappa shape index (κ3) is 2.49. The molecule has 7 heteroatoms. The normalized spacial score (nSPS) is 15.4. The lowest BCUT2D eigenvalue weighted by atomic mass is 9.96. The SMILES string of the molecule is O=C(O)CC1CN(C(=O)c2ccc(=O)[nH]n2)C1. The molecule has 90 valence electrons. The van der Waals surface area contributed by atoms with Gasteiger partial charge in [0.05, 0.1) is 6.42 Å². The van der Waals surface area contributed by atoms with Crippen LogP contribution >= 0.6 is 0 Å². The Morgan fingerprint density at radius 3 is 2.71 bits per heavy atom. The van der Waals surface area contributed by atoms with Gasteiger partial charge in [0.1, 0.15) is 5.69 Å². The number of carbonyl (C=O) groups excluding carboxylic acids is 1. The summed E-state index contributed by atoms with van der Waals surface area (Å²) in [6, 6.07) is 2.58. The van der Waals surface area contributed by atoms with Crippen molar-refractivity contribution in [3.05, 3.63) is 28.2 Å². The van der Waals surface area contributed by atoms with E-state index in [2.05, 4.69) is 10.2 Å². The van der Waals surface area contributed by atoms with Gasteiger partial charge in [-0.3, -0.25) is 14.4 Å². The molecule has 0 radical (unpaired) electrons. The molecule has 1 amide bonds. The van der Waals surface area contributed by atoms with Crippen LogP contribution in [0, 0.1) is 5.92 Å². The Hall–Kier alpha value is -2.18. The quantitative estimate of drug-likeness (QED) is 0.724. The van der Waals surface area contributed by atoms with E-state index in [1.54, 1.807) is 0 Å². The van der Waals surface area contributed by atoms with Crippen molar-refractivity contribution in [2.75, 3.05) is 13.1 Å². The van der Waals surface area contributed by atoms with E-state index in [-0.39, 0.29) is 29.5 Å². The molecule has 1 aliphatic rings. The highest BCUT2D eigenvalue weighted by molar-refractivity contribution is 5.92. The molecular formula is C10H11N3O4. The van der Waals surface area contributed by atoms with Crippen LogP contribution in [0.5, 0.6) is 0 Å². The fraction of sp³-hybridized carbons (Fsp3) is 0.400. The Bertz CT molecular complexity index is 484. The second kappa shape index (κ2) is 4.36. The number of hydrogen-bond donors (Lipinski definition) is 2. The number of carboxylic acids is 1. The third-order valence-corrected chi connectivity index (χ3v) is 2.61. The number of amides is 1. The van der Waals surface area contributed by atoms with E-state index < -0.39 is 5.97 Å². The molecule has 1 saturated heterocycles. The van der Waals surface area contributed by atoms with Gasteiger partial charge in [0.25, 0.3) is 11.5 Å². The molecule has 0 spiro atoms. The van der Waals surface area contributed by atoms with Crippen LogP contribution in [0.3, 0.4) is 0 Å². The van der Waals surface area contributed by atoms with E-state index in [9.17, 15) is 14.4 Å². The van der Waals surface area contributed by atoms with Crippen LogP contribution < -0.4 is 5.56 Å². The van der Waals surface area contributed by atoms with Gasteiger partial charge in [-0.1, -0.05) is 0 Å². The summed E-state index contributed by atoms with van der Waals surface area (Å²) in [4.78, 5) is 34.5. The van der Waals surface area contributed by atoms with Crippen molar-refractivity contribution in [3.8, 4) is 0 Å². The highest BCUT2D eigenvalue weighted by atomic mass is 16.4. The number of hydrogen-bond acceptors (Lipinski definition) is 4. The predicted octanol–water partition coefficient (Wildman–Crippen LogP) is -0.683. The van der Waals surface area contributed by atoms with Crippen LogP contribution in [-0.4, -0.2) is 45.2 Å². The molecule has 7 nitrogen and oxygen atoms in total. The van der Waals surface area contributed by atoms with Crippen molar-refractivity contribution in [2.45, 2.75) is 6.42 Å². The zero-order valence-electron chi connectivity index (χ0n) is 8.92. The molecule has 1 aromatic heterocycles. The van der Waals surface area contributed by atoms with Gasteiger partial charge in [0.2, 0.25) is 0 Å². The van der Waals surface area contributed by atoms with Gasteiger partial charge in [0, 0.05) is 25.1 Å². The van der Waals surface area contributed by atoms with Gasteiger partial charge in [0.15, 0.2) is 0 Å². The van der Waals surface area contributed by atoms with Crippen LogP contribution in [0.15, 0.2) is 16.9 Å².